The van der Waals surface area contributed by atoms with E-state index in [1.165, 1.54) is 0 Å². The maximum absolute atomic E-state index is 5.66. The van der Waals surface area contributed by atoms with E-state index in [9.17, 15) is 0 Å². The Morgan fingerprint density at radius 3 is 2.59 bits per heavy atom. The summed E-state index contributed by atoms with van der Waals surface area (Å²) in [6.45, 7) is 0.796. The maximum Gasteiger partial charge on any atom is 0.221 e. The molecule has 2 aromatic heterocycles. The van der Waals surface area contributed by atoms with Crippen LogP contribution in [0.3, 0.4) is 0 Å². The van der Waals surface area contributed by atoms with Gasteiger partial charge in [-0.25, -0.2) is 9.67 Å². The molecule has 22 heavy (non-hydrogen) atoms. The second-order valence-corrected chi connectivity index (χ2v) is 5.32. The van der Waals surface area contributed by atoms with Gasteiger partial charge in [-0.05, 0) is 14.1 Å². The van der Waals surface area contributed by atoms with Crippen molar-refractivity contribution in [3.05, 3.63) is 54.4 Å². The van der Waals surface area contributed by atoms with Crippen LogP contribution in [0.5, 0.6) is 0 Å². The third kappa shape index (κ3) is 2.96. The van der Waals surface area contributed by atoms with Crippen LogP contribution in [0.25, 0.3) is 17.1 Å². The zero-order valence-electron chi connectivity index (χ0n) is 12.6. The number of nitrogens with zero attached hydrogens (tertiary/aromatic N) is 5. The van der Waals surface area contributed by atoms with Crippen LogP contribution in [-0.2, 0) is 6.54 Å². The molecule has 6 nitrogen and oxygen atoms in total. The van der Waals surface area contributed by atoms with Crippen LogP contribution in [0, 0.1) is 0 Å². The average molecular weight is 294 g/mol. The molecular weight excluding hydrogens is 276 g/mol. The van der Waals surface area contributed by atoms with Gasteiger partial charge in [-0.2, -0.15) is 10.1 Å². The lowest BCUT2D eigenvalue weighted by atomic mass is 10.1. The van der Waals surface area contributed by atoms with Crippen LogP contribution in [0.2, 0.25) is 0 Å². The molecule has 3 rings (SSSR count). The molecule has 0 amide bonds. The predicted octanol–water partition coefficient (Wildman–Crippen LogP) is 1.97. The standard InChI is InChI=1S/C16H18N6/c1-21(2)10-13-11-22(14-8-9-18-16(17)19-14)20-15(13)12-6-4-3-5-7-12/h3-9,11H,10H2,1-2H3,(H2,17,18,19). The minimum absolute atomic E-state index is 0.239. The number of anilines is 1. The molecule has 2 heterocycles. The van der Waals surface area contributed by atoms with Gasteiger partial charge in [0.05, 0.1) is 5.69 Å². The van der Waals surface area contributed by atoms with Crippen LogP contribution < -0.4 is 5.73 Å². The molecule has 0 fully saturated rings. The fraction of sp³-hybridized carbons (Fsp3) is 0.188. The Hall–Kier alpha value is -2.73. The van der Waals surface area contributed by atoms with E-state index in [1.54, 1.807) is 16.9 Å². The van der Waals surface area contributed by atoms with Gasteiger partial charge >= 0.3 is 0 Å². The molecule has 0 spiro atoms. The van der Waals surface area contributed by atoms with Crippen LogP contribution in [0.15, 0.2) is 48.8 Å². The summed E-state index contributed by atoms with van der Waals surface area (Å²) in [6.07, 6.45) is 3.62. The highest BCUT2D eigenvalue weighted by molar-refractivity contribution is 5.63. The molecule has 1 aromatic carbocycles. The highest BCUT2D eigenvalue weighted by atomic mass is 15.3. The summed E-state index contributed by atoms with van der Waals surface area (Å²) in [5, 5.41) is 4.69. The van der Waals surface area contributed by atoms with Crippen LogP contribution in [-0.4, -0.2) is 38.7 Å². The molecular formula is C16H18N6. The minimum atomic E-state index is 0.239. The first-order valence-electron chi connectivity index (χ1n) is 7.01. The van der Waals surface area contributed by atoms with E-state index in [0.29, 0.717) is 5.82 Å². The Balaban J connectivity index is 2.09. The molecule has 0 aliphatic rings. The smallest absolute Gasteiger partial charge is 0.221 e. The zero-order valence-corrected chi connectivity index (χ0v) is 12.6. The maximum atomic E-state index is 5.66. The molecule has 0 saturated carbocycles. The van der Waals surface area contributed by atoms with Crippen molar-refractivity contribution in [3.8, 4) is 17.1 Å². The SMILES string of the molecule is CN(C)Cc1cn(-c2ccnc(N)n2)nc1-c1ccccc1. The summed E-state index contributed by atoms with van der Waals surface area (Å²) in [5.74, 6) is 0.901. The Bertz CT molecular complexity index is 763. The first-order valence-corrected chi connectivity index (χ1v) is 7.01. The molecule has 0 unspecified atom stereocenters. The fourth-order valence-electron chi connectivity index (χ4n) is 2.31. The largest absolute Gasteiger partial charge is 0.368 e. The van der Waals surface area contributed by atoms with Gasteiger partial charge < -0.3 is 10.6 Å². The van der Waals surface area contributed by atoms with Crippen molar-refractivity contribution < 1.29 is 0 Å². The third-order valence-electron chi connectivity index (χ3n) is 3.22. The Morgan fingerprint density at radius 1 is 1.14 bits per heavy atom. The number of aromatic nitrogens is 4. The van der Waals surface area contributed by atoms with Crippen LogP contribution >= 0.6 is 0 Å². The van der Waals surface area contributed by atoms with Crippen molar-refractivity contribution in [2.24, 2.45) is 0 Å². The predicted molar refractivity (Wildman–Crippen MR) is 86.4 cm³/mol. The first-order chi connectivity index (χ1) is 10.6. The van der Waals surface area contributed by atoms with Gasteiger partial charge in [0.25, 0.3) is 0 Å². The third-order valence-corrected chi connectivity index (χ3v) is 3.22. The van der Waals surface area contributed by atoms with Crippen LogP contribution in [0.4, 0.5) is 5.95 Å². The molecule has 0 saturated heterocycles. The number of rotatable bonds is 4. The molecule has 0 radical (unpaired) electrons. The summed E-state index contributed by atoms with van der Waals surface area (Å²) in [4.78, 5) is 10.3. The van der Waals surface area contributed by atoms with Gasteiger partial charge in [0, 0.05) is 36.1 Å². The number of benzene rings is 1. The molecule has 0 bridgehead atoms. The lowest BCUT2D eigenvalue weighted by Gasteiger charge is -2.08. The number of hydrogen-bond donors (Lipinski definition) is 1. The van der Waals surface area contributed by atoms with Crippen molar-refractivity contribution in [2.75, 3.05) is 19.8 Å². The highest BCUT2D eigenvalue weighted by Gasteiger charge is 2.13. The summed E-state index contributed by atoms with van der Waals surface area (Å²) >= 11 is 0. The number of hydrogen-bond acceptors (Lipinski definition) is 5. The van der Waals surface area contributed by atoms with E-state index >= 15 is 0 Å². The van der Waals surface area contributed by atoms with Crippen molar-refractivity contribution in [2.45, 2.75) is 6.54 Å². The van der Waals surface area contributed by atoms with Crippen LogP contribution in [0.1, 0.15) is 5.56 Å². The van der Waals surface area contributed by atoms with E-state index in [1.807, 2.05) is 38.5 Å². The van der Waals surface area contributed by atoms with E-state index in [4.69, 9.17) is 5.73 Å². The summed E-state index contributed by atoms with van der Waals surface area (Å²) in [7, 11) is 4.07. The number of nitrogen functional groups attached to an aromatic ring is 1. The second kappa shape index (κ2) is 5.95. The molecule has 2 N–H and O–H groups in total. The van der Waals surface area contributed by atoms with Gasteiger partial charge in [-0.15, -0.1) is 0 Å². The summed E-state index contributed by atoms with van der Waals surface area (Å²) < 4.78 is 1.75. The summed E-state index contributed by atoms with van der Waals surface area (Å²) in [6, 6.07) is 11.9. The quantitative estimate of drug-likeness (QED) is 0.796. The lowest BCUT2D eigenvalue weighted by Crippen LogP contribution is -2.10. The van der Waals surface area contributed by atoms with E-state index in [-0.39, 0.29) is 5.95 Å². The fourth-order valence-corrected chi connectivity index (χ4v) is 2.31. The Kier molecular flexibility index (Phi) is 3.84. The van der Waals surface area contributed by atoms with E-state index in [2.05, 4.69) is 32.1 Å². The Labute approximate surface area is 129 Å². The van der Waals surface area contributed by atoms with Crippen molar-refractivity contribution in [3.63, 3.8) is 0 Å². The van der Waals surface area contributed by atoms with Crippen molar-refractivity contribution >= 4 is 5.95 Å². The Morgan fingerprint density at radius 2 is 1.91 bits per heavy atom. The van der Waals surface area contributed by atoms with Crippen molar-refractivity contribution in [1.29, 1.82) is 0 Å². The first kappa shape index (κ1) is 14.2. The van der Waals surface area contributed by atoms with Gasteiger partial charge in [-0.3, -0.25) is 0 Å². The lowest BCUT2D eigenvalue weighted by molar-refractivity contribution is 0.403. The summed E-state index contributed by atoms with van der Waals surface area (Å²) in [5.41, 5.74) is 8.83. The second-order valence-electron chi connectivity index (χ2n) is 5.32. The normalized spacial score (nSPS) is 11.0. The zero-order chi connectivity index (χ0) is 15.5. The van der Waals surface area contributed by atoms with Gasteiger partial charge in [0.1, 0.15) is 0 Å². The molecule has 0 aliphatic carbocycles. The van der Waals surface area contributed by atoms with E-state index in [0.717, 1.165) is 23.4 Å². The van der Waals surface area contributed by atoms with E-state index < -0.39 is 0 Å². The topological polar surface area (TPSA) is 72.9 Å². The van der Waals surface area contributed by atoms with Gasteiger partial charge in [-0.1, -0.05) is 30.3 Å². The van der Waals surface area contributed by atoms with Crippen molar-refractivity contribution in [1.82, 2.24) is 24.6 Å². The molecule has 112 valence electrons. The number of nitrogens with two attached hydrogens (primary N) is 1. The molecule has 6 heteroatoms. The highest BCUT2D eigenvalue weighted by Crippen LogP contribution is 2.24. The molecule has 0 atom stereocenters. The van der Waals surface area contributed by atoms with Gasteiger partial charge in [0.15, 0.2) is 5.82 Å². The monoisotopic (exact) mass is 294 g/mol. The molecule has 0 aliphatic heterocycles. The molecule has 3 aromatic rings. The minimum Gasteiger partial charge on any atom is -0.368 e. The average Bonchev–Trinajstić information content (AvgIpc) is 2.91. The van der Waals surface area contributed by atoms with Gasteiger partial charge in [0.2, 0.25) is 5.95 Å².